The maximum Gasteiger partial charge on any atom is 0.299 e. The third-order valence-electron chi connectivity index (χ3n) is 2.90. The number of nitrogens with zero attached hydrogens (tertiary/aromatic N) is 2. The number of benzene rings is 2. The molecule has 0 heterocycles. The van der Waals surface area contributed by atoms with Gasteiger partial charge in [0.15, 0.2) is 0 Å². The summed E-state index contributed by atoms with van der Waals surface area (Å²) in [6.07, 6.45) is 0. The number of nitrogens with one attached hydrogen (secondary N) is 1. The Morgan fingerprint density at radius 2 is 1.48 bits per heavy atom. The molecule has 0 aliphatic rings. The van der Waals surface area contributed by atoms with E-state index in [1.807, 2.05) is 20.8 Å². The van der Waals surface area contributed by atoms with Crippen LogP contribution in [0.3, 0.4) is 0 Å². The zero-order valence-electron chi connectivity index (χ0n) is 11.9. The van der Waals surface area contributed by atoms with Crippen molar-refractivity contribution in [2.45, 2.75) is 26.3 Å². The highest BCUT2D eigenvalue weighted by Crippen LogP contribution is 2.40. The van der Waals surface area contributed by atoms with E-state index >= 15 is 0 Å². The van der Waals surface area contributed by atoms with Gasteiger partial charge in [0.05, 0.1) is 21.3 Å². The second kappa shape index (κ2) is 5.01. The molecule has 0 atom stereocenters. The molecule has 2 aromatic carbocycles. The summed E-state index contributed by atoms with van der Waals surface area (Å²) in [6.45, 7) is 5.60. The monoisotopic (exact) mass is 289 g/mol. The average molecular weight is 289 g/mol. The molecule has 110 valence electrons. The third kappa shape index (κ3) is 2.91. The lowest BCUT2D eigenvalue weighted by atomic mass is 10.0. The quantitative estimate of drug-likeness (QED) is 0.683. The predicted molar refractivity (Wildman–Crippen MR) is 80.6 cm³/mol. The molecule has 0 unspecified atom stereocenters. The van der Waals surface area contributed by atoms with Crippen molar-refractivity contribution < 1.29 is 9.85 Å². The van der Waals surface area contributed by atoms with Gasteiger partial charge in [-0.1, -0.05) is 18.2 Å². The van der Waals surface area contributed by atoms with Gasteiger partial charge in [0.2, 0.25) is 0 Å². The summed E-state index contributed by atoms with van der Waals surface area (Å²) in [4.78, 5) is 21.2. The first kappa shape index (κ1) is 14.7. The Hall–Kier alpha value is -2.70. The lowest BCUT2D eigenvalue weighted by Gasteiger charge is -2.23. The molecule has 7 heteroatoms. The van der Waals surface area contributed by atoms with E-state index in [2.05, 4.69) is 5.32 Å². The summed E-state index contributed by atoms with van der Waals surface area (Å²) in [5.74, 6) is 0. The van der Waals surface area contributed by atoms with Crippen molar-refractivity contribution in [1.29, 1.82) is 0 Å². The molecule has 0 aliphatic heterocycles. The van der Waals surface area contributed by atoms with Crippen LogP contribution in [-0.4, -0.2) is 15.4 Å². The van der Waals surface area contributed by atoms with Gasteiger partial charge in [-0.05, 0) is 26.8 Å². The van der Waals surface area contributed by atoms with E-state index in [1.54, 1.807) is 24.3 Å². The molecule has 0 aromatic heterocycles. The normalized spacial score (nSPS) is 11.4. The molecule has 0 saturated carbocycles. The average Bonchev–Trinajstić information content (AvgIpc) is 2.36. The molecule has 0 radical (unpaired) electrons. The SMILES string of the molecule is CC(C)(C)Nc1c([N+](=O)[O-])cc([N+](=O)[O-])c2ccccc12. The smallest absolute Gasteiger partial charge is 0.299 e. The number of hydrogen-bond acceptors (Lipinski definition) is 5. The summed E-state index contributed by atoms with van der Waals surface area (Å²) in [6, 6.07) is 7.61. The topological polar surface area (TPSA) is 98.3 Å². The molecule has 7 nitrogen and oxygen atoms in total. The largest absolute Gasteiger partial charge is 0.374 e. The van der Waals surface area contributed by atoms with Crippen LogP contribution in [0.2, 0.25) is 0 Å². The van der Waals surface area contributed by atoms with Gasteiger partial charge in [-0.25, -0.2) is 0 Å². The molecule has 0 saturated heterocycles. The highest BCUT2D eigenvalue weighted by Gasteiger charge is 2.27. The summed E-state index contributed by atoms with van der Waals surface area (Å²) in [5.41, 5.74) is -0.676. The number of nitro benzene ring substituents is 2. The van der Waals surface area contributed by atoms with E-state index in [0.29, 0.717) is 16.5 Å². The van der Waals surface area contributed by atoms with Crippen molar-refractivity contribution in [2.24, 2.45) is 0 Å². The van der Waals surface area contributed by atoms with E-state index in [4.69, 9.17) is 0 Å². The lowest BCUT2D eigenvalue weighted by molar-refractivity contribution is -0.392. The van der Waals surface area contributed by atoms with Gasteiger partial charge in [0.1, 0.15) is 5.69 Å². The second-order valence-electron chi connectivity index (χ2n) is 5.72. The maximum absolute atomic E-state index is 11.3. The standard InChI is InChI=1S/C14H15N3O4/c1-14(2,3)15-13-10-7-5-4-6-9(10)11(16(18)19)8-12(13)17(20)21/h4-8,15H,1-3H3. The van der Waals surface area contributed by atoms with E-state index in [-0.39, 0.29) is 11.4 Å². The molecule has 0 fully saturated rings. The molecule has 21 heavy (non-hydrogen) atoms. The highest BCUT2D eigenvalue weighted by atomic mass is 16.6. The predicted octanol–water partition coefficient (Wildman–Crippen LogP) is 3.87. The van der Waals surface area contributed by atoms with Gasteiger partial charge < -0.3 is 5.32 Å². The zero-order valence-corrected chi connectivity index (χ0v) is 11.9. The van der Waals surface area contributed by atoms with Crippen LogP contribution in [0.15, 0.2) is 30.3 Å². The van der Waals surface area contributed by atoms with E-state index in [0.717, 1.165) is 6.07 Å². The van der Waals surface area contributed by atoms with Crippen LogP contribution in [0, 0.1) is 20.2 Å². The number of fused-ring (bicyclic) bond motifs is 1. The third-order valence-corrected chi connectivity index (χ3v) is 2.90. The minimum atomic E-state index is -0.604. The molecule has 0 aliphatic carbocycles. The Morgan fingerprint density at radius 1 is 0.952 bits per heavy atom. The zero-order chi connectivity index (χ0) is 15.8. The Labute approximate surface area is 120 Å². The molecular weight excluding hydrogens is 274 g/mol. The van der Waals surface area contributed by atoms with Gasteiger partial charge >= 0.3 is 0 Å². The van der Waals surface area contributed by atoms with Crippen molar-refractivity contribution in [3.8, 4) is 0 Å². The van der Waals surface area contributed by atoms with Gasteiger partial charge in [0, 0.05) is 10.9 Å². The van der Waals surface area contributed by atoms with Crippen LogP contribution in [0.25, 0.3) is 10.8 Å². The maximum atomic E-state index is 11.3. The summed E-state index contributed by atoms with van der Waals surface area (Å²) >= 11 is 0. The van der Waals surface area contributed by atoms with Crippen molar-refractivity contribution in [2.75, 3.05) is 5.32 Å². The van der Waals surface area contributed by atoms with Crippen LogP contribution >= 0.6 is 0 Å². The van der Waals surface area contributed by atoms with Crippen LogP contribution in [0.5, 0.6) is 0 Å². The van der Waals surface area contributed by atoms with Crippen LogP contribution in [0.1, 0.15) is 20.8 Å². The molecule has 1 N–H and O–H groups in total. The van der Waals surface area contributed by atoms with Crippen LogP contribution in [0.4, 0.5) is 17.1 Å². The Balaban J connectivity index is 2.87. The molecule has 2 rings (SSSR count). The first-order valence-electron chi connectivity index (χ1n) is 6.33. The van der Waals surface area contributed by atoms with Crippen molar-refractivity contribution in [3.63, 3.8) is 0 Å². The fourth-order valence-corrected chi connectivity index (χ4v) is 2.14. The molecule has 2 aromatic rings. The van der Waals surface area contributed by atoms with Crippen LogP contribution in [-0.2, 0) is 0 Å². The first-order valence-corrected chi connectivity index (χ1v) is 6.33. The molecular formula is C14H15N3O4. The van der Waals surface area contributed by atoms with Gasteiger partial charge in [0.25, 0.3) is 11.4 Å². The summed E-state index contributed by atoms with van der Waals surface area (Å²) in [5, 5.41) is 26.3. The summed E-state index contributed by atoms with van der Waals surface area (Å²) < 4.78 is 0. The molecule has 0 bridgehead atoms. The van der Waals surface area contributed by atoms with Crippen molar-refractivity contribution in [3.05, 3.63) is 50.6 Å². The fraction of sp³-hybridized carbons (Fsp3) is 0.286. The van der Waals surface area contributed by atoms with Gasteiger partial charge in [-0.2, -0.15) is 0 Å². The first-order chi connectivity index (χ1) is 9.70. The van der Waals surface area contributed by atoms with Crippen LogP contribution < -0.4 is 5.32 Å². The number of anilines is 1. The Morgan fingerprint density at radius 3 is 1.95 bits per heavy atom. The lowest BCUT2D eigenvalue weighted by Crippen LogP contribution is -2.26. The number of hydrogen-bond donors (Lipinski definition) is 1. The van der Waals surface area contributed by atoms with Crippen molar-refractivity contribution in [1.82, 2.24) is 0 Å². The Bertz CT molecular complexity index is 735. The second-order valence-corrected chi connectivity index (χ2v) is 5.72. The number of rotatable bonds is 3. The number of non-ortho nitro benzene ring substituents is 1. The van der Waals surface area contributed by atoms with Gasteiger partial charge in [-0.3, -0.25) is 20.2 Å². The highest BCUT2D eigenvalue weighted by molar-refractivity contribution is 6.04. The minimum absolute atomic E-state index is 0.267. The van der Waals surface area contributed by atoms with Gasteiger partial charge in [-0.15, -0.1) is 0 Å². The Kier molecular flexibility index (Phi) is 3.51. The van der Waals surface area contributed by atoms with E-state index in [1.165, 1.54) is 0 Å². The molecule has 0 amide bonds. The summed E-state index contributed by atoms with van der Waals surface area (Å²) in [7, 11) is 0. The van der Waals surface area contributed by atoms with E-state index in [9.17, 15) is 20.2 Å². The number of nitro groups is 2. The fourth-order valence-electron chi connectivity index (χ4n) is 2.14. The molecule has 0 spiro atoms. The van der Waals surface area contributed by atoms with Crippen molar-refractivity contribution >= 4 is 27.8 Å². The minimum Gasteiger partial charge on any atom is -0.374 e. The van der Waals surface area contributed by atoms with E-state index < -0.39 is 15.4 Å².